The predicted molar refractivity (Wildman–Crippen MR) is 43.4 cm³/mol. The molecule has 0 radical (unpaired) electrons. The van der Waals surface area contributed by atoms with Crippen molar-refractivity contribution in [3.05, 3.63) is 0 Å². The summed E-state index contributed by atoms with van der Waals surface area (Å²) in [6.45, 7) is 0. The third kappa shape index (κ3) is 3.44. The zero-order valence-corrected chi connectivity index (χ0v) is 10.5. The smallest absolute Gasteiger partial charge is 0.281 e. The lowest BCUT2D eigenvalue weighted by Gasteiger charge is -2.37. The SMILES string of the molecule is O=S(=O)(O)C(F)(OC(F)(F)C(F)F)C(F)(F)C(F)(F)C(F)(F)F. The highest BCUT2D eigenvalue weighted by molar-refractivity contribution is 7.87. The molecule has 0 rings (SSSR count). The number of rotatable bonds is 6. The first-order chi connectivity index (χ1) is 9.65. The summed E-state index contributed by atoms with van der Waals surface area (Å²) < 4.78 is 178. The third-order valence-electron chi connectivity index (χ3n) is 1.98. The van der Waals surface area contributed by atoms with Crippen molar-refractivity contribution in [2.24, 2.45) is 0 Å². The van der Waals surface area contributed by atoms with Crippen molar-refractivity contribution in [1.82, 2.24) is 0 Å². The van der Waals surface area contributed by atoms with Crippen molar-refractivity contribution in [2.75, 3.05) is 0 Å². The van der Waals surface area contributed by atoms with Gasteiger partial charge in [-0.15, -0.1) is 0 Å². The molecule has 0 saturated heterocycles. The van der Waals surface area contributed by atoms with Crippen LogP contribution in [0.25, 0.3) is 0 Å². The topological polar surface area (TPSA) is 63.6 Å². The number of alkyl halides is 12. The van der Waals surface area contributed by atoms with Crippen molar-refractivity contribution in [3.63, 3.8) is 0 Å². The number of halogens is 12. The van der Waals surface area contributed by atoms with Crippen LogP contribution in [0.5, 0.6) is 0 Å². The summed E-state index contributed by atoms with van der Waals surface area (Å²) in [6.07, 6.45) is -19.4. The Balaban J connectivity index is 6.44. The summed E-state index contributed by atoms with van der Waals surface area (Å²) in [4.78, 5) is 0. The maximum Gasteiger partial charge on any atom is 0.460 e. The highest BCUT2D eigenvalue weighted by Crippen LogP contribution is 2.55. The van der Waals surface area contributed by atoms with Crippen LogP contribution in [0.4, 0.5) is 52.7 Å². The minimum absolute atomic E-state index is 1.68. The van der Waals surface area contributed by atoms with Gasteiger partial charge in [-0.25, -0.2) is 8.78 Å². The molecule has 0 heterocycles. The van der Waals surface area contributed by atoms with Gasteiger partial charge in [0.15, 0.2) is 0 Å². The molecule has 0 bridgehead atoms. The van der Waals surface area contributed by atoms with Crippen LogP contribution in [0, 0.1) is 0 Å². The van der Waals surface area contributed by atoms with Gasteiger partial charge in [-0.1, -0.05) is 0 Å². The zero-order valence-electron chi connectivity index (χ0n) is 9.69. The van der Waals surface area contributed by atoms with Gasteiger partial charge in [0, 0.05) is 0 Å². The molecule has 1 N–H and O–H groups in total. The lowest BCUT2D eigenvalue weighted by molar-refractivity contribution is -0.436. The van der Waals surface area contributed by atoms with E-state index >= 15 is 0 Å². The van der Waals surface area contributed by atoms with Crippen LogP contribution in [0.3, 0.4) is 0 Å². The van der Waals surface area contributed by atoms with Gasteiger partial charge in [-0.2, -0.15) is 52.3 Å². The number of ether oxygens (including phenoxy) is 1. The highest BCUT2D eigenvalue weighted by atomic mass is 32.2. The van der Waals surface area contributed by atoms with Crippen LogP contribution in [-0.4, -0.2) is 48.7 Å². The van der Waals surface area contributed by atoms with Crippen LogP contribution >= 0.6 is 0 Å². The average molecular weight is 398 g/mol. The van der Waals surface area contributed by atoms with E-state index < -0.39 is 45.9 Å². The summed E-state index contributed by atoms with van der Waals surface area (Å²) in [5.41, 5.74) is 0. The summed E-state index contributed by atoms with van der Waals surface area (Å²) in [7, 11) is -7.66. The summed E-state index contributed by atoms with van der Waals surface area (Å²) in [6, 6.07) is 0. The molecule has 17 heteroatoms. The molecule has 0 aromatic rings. The molecule has 0 aliphatic heterocycles. The van der Waals surface area contributed by atoms with Crippen molar-refractivity contribution < 1.29 is 70.4 Å². The van der Waals surface area contributed by atoms with Crippen LogP contribution in [0.1, 0.15) is 0 Å². The van der Waals surface area contributed by atoms with E-state index in [2.05, 4.69) is 0 Å². The van der Waals surface area contributed by atoms with E-state index in [9.17, 15) is 61.1 Å². The maximum absolute atomic E-state index is 13.4. The van der Waals surface area contributed by atoms with Crippen LogP contribution < -0.4 is 0 Å². The van der Waals surface area contributed by atoms with Crippen molar-refractivity contribution in [3.8, 4) is 0 Å². The van der Waals surface area contributed by atoms with Crippen LogP contribution in [0.2, 0.25) is 0 Å². The Morgan fingerprint density at radius 2 is 1.13 bits per heavy atom. The van der Waals surface area contributed by atoms with Crippen molar-refractivity contribution in [2.45, 2.75) is 35.7 Å². The normalized spacial score (nSPS) is 18.2. The van der Waals surface area contributed by atoms with Gasteiger partial charge in [0.2, 0.25) is 0 Å². The summed E-state index contributed by atoms with van der Waals surface area (Å²) >= 11 is 0. The lowest BCUT2D eigenvalue weighted by Crippen LogP contribution is -2.67. The molecule has 1 unspecified atom stereocenters. The summed E-state index contributed by atoms with van der Waals surface area (Å²) in [5.74, 6) is -15.5. The fourth-order valence-corrected chi connectivity index (χ4v) is 1.53. The van der Waals surface area contributed by atoms with Gasteiger partial charge in [0.05, 0.1) is 0 Å². The molecule has 4 nitrogen and oxygen atoms in total. The van der Waals surface area contributed by atoms with Gasteiger partial charge in [-0.3, -0.25) is 9.29 Å². The first-order valence-electron chi connectivity index (χ1n) is 4.49. The predicted octanol–water partition coefficient (Wildman–Crippen LogP) is 3.20. The van der Waals surface area contributed by atoms with Gasteiger partial charge >= 0.3 is 45.9 Å². The molecule has 0 spiro atoms. The fourth-order valence-electron chi connectivity index (χ4n) is 0.864. The quantitative estimate of drug-likeness (QED) is 0.552. The molecule has 0 amide bonds. The Labute approximate surface area is 117 Å². The minimum atomic E-state index is -7.79. The van der Waals surface area contributed by atoms with E-state index in [1.165, 1.54) is 0 Å². The van der Waals surface area contributed by atoms with Gasteiger partial charge < -0.3 is 0 Å². The van der Waals surface area contributed by atoms with E-state index in [-0.39, 0.29) is 0 Å². The molecule has 0 aromatic carbocycles. The molecule has 0 aliphatic rings. The zero-order chi connectivity index (χ0) is 19.3. The molecule has 23 heavy (non-hydrogen) atoms. The first kappa shape index (κ1) is 22.0. The number of hydrogen-bond donors (Lipinski definition) is 1. The molecule has 0 aliphatic carbocycles. The third-order valence-corrected chi connectivity index (χ3v) is 2.98. The second-order valence-electron chi connectivity index (χ2n) is 3.62. The van der Waals surface area contributed by atoms with Gasteiger partial charge in [0.25, 0.3) is 0 Å². The minimum Gasteiger partial charge on any atom is -0.281 e. The van der Waals surface area contributed by atoms with E-state index in [0.717, 1.165) is 0 Å². The Morgan fingerprint density at radius 1 is 0.783 bits per heavy atom. The molecular formula is C6H2F12O4S. The van der Waals surface area contributed by atoms with Gasteiger partial charge in [0.1, 0.15) is 0 Å². The Hall–Kier alpha value is -0.970. The molecule has 0 aromatic heterocycles. The van der Waals surface area contributed by atoms with E-state index in [0.29, 0.717) is 0 Å². The molecule has 0 saturated carbocycles. The second kappa shape index (κ2) is 5.54. The van der Waals surface area contributed by atoms with E-state index in [4.69, 9.17) is 4.55 Å². The lowest BCUT2D eigenvalue weighted by atomic mass is 10.1. The van der Waals surface area contributed by atoms with Crippen LogP contribution in [0.15, 0.2) is 0 Å². The molecule has 140 valence electrons. The largest absolute Gasteiger partial charge is 0.460 e. The Bertz CT molecular complexity index is 538. The first-order valence-corrected chi connectivity index (χ1v) is 5.93. The Kier molecular flexibility index (Phi) is 5.31. The Morgan fingerprint density at radius 3 is 1.35 bits per heavy atom. The standard InChI is InChI=1S/C6H2F12O4S/c7-1(8)2(9,10)22-6(18,23(19,20)21)4(13,14)3(11,12)5(15,16)17/h1H,(H,19,20,21). The molecule has 1 atom stereocenters. The maximum atomic E-state index is 13.4. The summed E-state index contributed by atoms with van der Waals surface area (Å²) in [5, 5.41) is -7.26. The van der Waals surface area contributed by atoms with Crippen molar-refractivity contribution in [1.29, 1.82) is 0 Å². The fraction of sp³-hybridized carbons (Fsp3) is 1.00. The van der Waals surface area contributed by atoms with E-state index in [1.54, 1.807) is 4.74 Å². The van der Waals surface area contributed by atoms with Crippen LogP contribution in [-0.2, 0) is 14.9 Å². The van der Waals surface area contributed by atoms with Crippen molar-refractivity contribution >= 4 is 10.1 Å². The molecular weight excluding hydrogens is 396 g/mol. The average Bonchev–Trinajstić information content (AvgIpc) is 2.24. The monoisotopic (exact) mass is 398 g/mol. The van der Waals surface area contributed by atoms with E-state index in [1.807, 2.05) is 0 Å². The second-order valence-corrected chi connectivity index (χ2v) is 5.10. The highest BCUT2D eigenvalue weighted by Gasteiger charge is 2.86. The number of hydrogen-bond acceptors (Lipinski definition) is 3. The van der Waals surface area contributed by atoms with Gasteiger partial charge in [-0.05, 0) is 0 Å². The molecule has 0 fully saturated rings.